The van der Waals surface area contributed by atoms with E-state index in [4.69, 9.17) is 16.0 Å². The molecule has 25 heavy (non-hydrogen) atoms. The second-order valence-corrected chi connectivity index (χ2v) is 5.90. The van der Waals surface area contributed by atoms with Crippen LogP contribution in [0.2, 0.25) is 5.02 Å². The summed E-state index contributed by atoms with van der Waals surface area (Å²) in [6.07, 6.45) is 0.462. The van der Waals surface area contributed by atoms with Gasteiger partial charge in [0.2, 0.25) is 17.7 Å². The Morgan fingerprint density at radius 1 is 1.24 bits per heavy atom. The summed E-state index contributed by atoms with van der Waals surface area (Å²) < 4.78 is 18.7. The van der Waals surface area contributed by atoms with Gasteiger partial charge in [0.25, 0.3) is 0 Å². The van der Waals surface area contributed by atoms with Crippen LogP contribution in [0.3, 0.4) is 0 Å². The van der Waals surface area contributed by atoms with Crippen LogP contribution in [0, 0.1) is 12.7 Å². The first-order chi connectivity index (χ1) is 12.0. The molecule has 0 aliphatic heterocycles. The summed E-state index contributed by atoms with van der Waals surface area (Å²) in [4.78, 5) is 12.0. The van der Waals surface area contributed by atoms with Gasteiger partial charge < -0.3 is 9.73 Å². The smallest absolute Gasteiger partial charge is 0.247 e. The van der Waals surface area contributed by atoms with E-state index in [9.17, 15) is 9.18 Å². The number of nitrogens with zero attached hydrogens (tertiary/aromatic N) is 2. The molecule has 0 aliphatic carbocycles. The van der Waals surface area contributed by atoms with Crippen LogP contribution in [0.5, 0.6) is 0 Å². The maximum absolute atomic E-state index is 13.1. The molecular weight excluding hydrogens is 345 g/mol. The number of amides is 1. The average molecular weight is 360 g/mol. The topological polar surface area (TPSA) is 68.0 Å². The number of nitrogens with one attached hydrogen (secondary N) is 1. The number of benzene rings is 2. The maximum atomic E-state index is 13.1. The van der Waals surface area contributed by atoms with Gasteiger partial charge in [-0.1, -0.05) is 29.8 Å². The fourth-order valence-corrected chi connectivity index (χ4v) is 2.47. The minimum absolute atomic E-state index is 0.0439. The van der Waals surface area contributed by atoms with Crippen LogP contribution >= 0.6 is 11.6 Å². The highest BCUT2D eigenvalue weighted by molar-refractivity contribution is 6.31. The van der Waals surface area contributed by atoms with E-state index in [0.29, 0.717) is 23.9 Å². The number of aromatic nitrogens is 2. The third-order valence-electron chi connectivity index (χ3n) is 3.61. The van der Waals surface area contributed by atoms with Crippen LogP contribution in [0.25, 0.3) is 11.5 Å². The van der Waals surface area contributed by atoms with Gasteiger partial charge in [-0.15, -0.1) is 10.2 Å². The number of carbonyl (C=O) groups excluding carboxylic acids is 1. The molecule has 3 aromatic rings. The molecule has 0 spiro atoms. The van der Waals surface area contributed by atoms with E-state index in [1.165, 1.54) is 18.2 Å². The lowest BCUT2D eigenvalue weighted by Gasteiger charge is -2.05. The molecule has 7 heteroatoms. The molecule has 0 aliphatic rings. The van der Waals surface area contributed by atoms with Gasteiger partial charge in [-0.25, -0.2) is 4.39 Å². The first-order valence-corrected chi connectivity index (χ1v) is 8.04. The predicted octanol–water partition coefficient (Wildman–Crippen LogP) is 4.41. The predicted molar refractivity (Wildman–Crippen MR) is 92.8 cm³/mol. The second-order valence-electron chi connectivity index (χ2n) is 5.49. The van der Waals surface area contributed by atoms with Crippen LogP contribution in [0.15, 0.2) is 46.9 Å². The molecule has 2 aromatic carbocycles. The lowest BCUT2D eigenvalue weighted by atomic mass is 10.1. The Labute approximate surface area is 148 Å². The molecule has 128 valence electrons. The fourth-order valence-electron chi connectivity index (χ4n) is 2.29. The highest BCUT2D eigenvalue weighted by Gasteiger charge is 2.12. The van der Waals surface area contributed by atoms with E-state index in [-0.39, 0.29) is 17.4 Å². The number of anilines is 1. The second kappa shape index (κ2) is 7.44. The van der Waals surface area contributed by atoms with Crippen molar-refractivity contribution >= 4 is 23.2 Å². The van der Waals surface area contributed by atoms with Crippen molar-refractivity contribution in [3.63, 3.8) is 0 Å². The Kier molecular flexibility index (Phi) is 5.09. The monoisotopic (exact) mass is 359 g/mol. The van der Waals surface area contributed by atoms with E-state index < -0.39 is 5.82 Å². The number of halogens is 2. The summed E-state index contributed by atoms with van der Waals surface area (Å²) in [7, 11) is 0. The SMILES string of the molecule is Cc1ccccc1-c1nnc(CCC(=O)Nc2ccc(F)c(Cl)c2)o1. The average Bonchev–Trinajstić information content (AvgIpc) is 3.05. The molecule has 3 rings (SSSR count). The third-order valence-corrected chi connectivity index (χ3v) is 3.90. The van der Waals surface area contributed by atoms with Crippen molar-refractivity contribution in [3.8, 4) is 11.5 Å². The van der Waals surface area contributed by atoms with Crippen LogP contribution in [0.4, 0.5) is 10.1 Å². The van der Waals surface area contributed by atoms with Gasteiger partial charge in [0.15, 0.2) is 0 Å². The summed E-state index contributed by atoms with van der Waals surface area (Å²) in [5, 5.41) is 10.6. The molecule has 1 N–H and O–H groups in total. The Balaban J connectivity index is 1.59. The first-order valence-electron chi connectivity index (χ1n) is 7.66. The highest BCUT2D eigenvalue weighted by Crippen LogP contribution is 2.22. The summed E-state index contributed by atoms with van der Waals surface area (Å²) in [6, 6.07) is 11.7. The Morgan fingerprint density at radius 2 is 2.04 bits per heavy atom. The van der Waals surface area contributed by atoms with E-state index in [1.807, 2.05) is 31.2 Å². The molecular formula is C18H15ClFN3O2. The summed E-state index contributed by atoms with van der Waals surface area (Å²) in [6.45, 7) is 1.96. The molecule has 1 heterocycles. The van der Waals surface area contributed by atoms with Crippen molar-refractivity contribution in [2.24, 2.45) is 0 Å². The molecule has 0 radical (unpaired) electrons. The van der Waals surface area contributed by atoms with Crippen LogP contribution in [-0.4, -0.2) is 16.1 Å². The standard InChI is InChI=1S/C18H15ClFN3O2/c1-11-4-2-3-5-13(11)18-23-22-17(25-18)9-8-16(24)21-12-6-7-15(20)14(19)10-12/h2-7,10H,8-9H2,1H3,(H,21,24). The Bertz CT molecular complexity index is 911. The van der Waals surface area contributed by atoms with Gasteiger partial charge in [-0.3, -0.25) is 4.79 Å². The highest BCUT2D eigenvalue weighted by atomic mass is 35.5. The van der Waals surface area contributed by atoms with E-state index >= 15 is 0 Å². The number of hydrogen-bond acceptors (Lipinski definition) is 4. The van der Waals surface area contributed by atoms with Gasteiger partial charge in [-0.2, -0.15) is 0 Å². The molecule has 0 bridgehead atoms. The number of rotatable bonds is 5. The lowest BCUT2D eigenvalue weighted by molar-refractivity contribution is -0.116. The van der Waals surface area contributed by atoms with Gasteiger partial charge in [-0.05, 0) is 36.8 Å². The Hall–Kier alpha value is -2.73. The van der Waals surface area contributed by atoms with E-state index in [0.717, 1.165) is 11.1 Å². The van der Waals surface area contributed by atoms with Crippen LogP contribution in [-0.2, 0) is 11.2 Å². The molecule has 1 amide bonds. The summed E-state index contributed by atoms with van der Waals surface area (Å²) >= 11 is 5.68. The summed E-state index contributed by atoms with van der Waals surface area (Å²) in [5.74, 6) is 0.0249. The number of hydrogen-bond donors (Lipinski definition) is 1. The van der Waals surface area contributed by atoms with Crippen molar-refractivity contribution in [2.75, 3.05) is 5.32 Å². The largest absolute Gasteiger partial charge is 0.421 e. The minimum Gasteiger partial charge on any atom is -0.421 e. The number of aryl methyl sites for hydroxylation is 2. The van der Waals surface area contributed by atoms with Crippen molar-refractivity contribution in [1.82, 2.24) is 10.2 Å². The molecule has 0 unspecified atom stereocenters. The van der Waals surface area contributed by atoms with Gasteiger partial charge in [0, 0.05) is 24.1 Å². The minimum atomic E-state index is -0.533. The van der Waals surface area contributed by atoms with Gasteiger partial charge in [0.1, 0.15) is 5.82 Å². The molecule has 5 nitrogen and oxygen atoms in total. The third kappa shape index (κ3) is 4.22. The van der Waals surface area contributed by atoms with Crippen molar-refractivity contribution < 1.29 is 13.6 Å². The van der Waals surface area contributed by atoms with Crippen molar-refractivity contribution in [2.45, 2.75) is 19.8 Å². The van der Waals surface area contributed by atoms with Crippen molar-refractivity contribution in [3.05, 3.63) is 64.8 Å². The van der Waals surface area contributed by atoms with E-state index in [2.05, 4.69) is 15.5 Å². The van der Waals surface area contributed by atoms with Crippen molar-refractivity contribution in [1.29, 1.82) is 0 Å². The zero-order chi connectivity index (χ0) is 17.8. The maximum Gasteiger partial charge on any atom is 0.247 e. The lowest BCUT2D eigenvalue weighted by Crippen LogP contribution is -2.12. The molecule has 0 atom stereocenters. The van der Waals surface area contributed by atoms with Crippen LogP contribution < -0.4 is 5.32 Å². The molecule has 1 aromatic heterocycles. The van der Waals surface area contributed by atoms with Gasteiger partial charge >= 0.3 is 0 Å². The van der Waals surface area contributed by atoms with Gasteiger partial charge in [0.05, 0.1) is 5.02 Å². The zero-order valence-corrected chi connectivity index (χ0v) is 14.2. The first kappa shape index (κ1) is 17.1. The zero-order valence-electron chi connectivity index (χ0n) is 13.4. The van der Waals surface area contributed by atoms with Crippen LogP contribution in [0.1, 0.15) is 17.9 Å². The quantitative estimate of drug-likeness (QED) is 0.732. The number of carbonyl (C=O) groups is 1. The van der Waals surface area contributed by atoms with E-state index in [1.54, 1.807) is 0 Å². The fraction of sp³-hybridized carbons (Fsp3) is 0.167. The molecule has 0 saturated heterocycles. The summed E-state index contributed by atoms with van der Waals surface area (Å²) in [5.41, 5.74) is 2.33. The Morgan fingerprint density at radius 3 is 2.80 bits per heavy atom. The molecule has 0 fully saturated rings. The normalized spacial score (nSPS) is 10.7. The molecule has 0 saturated carbocycles.